The number of carboxylic acid groups (broad SMARTS) is 2. The predicted molar refractivity (Wildman–Crippen MR) is 40.4 cm³/mol. The summed E-state index contributed by atoms with van der Waals surface area (Å²) in [6.07, 6.45) is 0.567. The number of hydrogen-bond acceptors (Lipinski definition) is 4. The smallest absolute Gasteiger partial charge is 0.0501 e. The maximum Gasteiger partial charge on any atom is 0.0501 e. The molecule has 0 atom stereocenters. The molecular weight excluding hydrogens is 164 g/mol. The van der Waals surface area contributed by atoms with Gasteiger partial charge in [0.25, 0.3) is 0 Å². The summed E-state index contributed by atoms with van der Waals surface area (Å²) < 4.78 is 0. The molecule has 74 valence electrons. The molecule has 0 aromatic heterocycles. The van der Waals surface area contributed by atoms with Crippen LogP contribution < -0.4 is 22.5 Å². The zero-order valence-corrected chi connectivity index (χ0v) is 7.62. The molecule has 0 bridgehead atoms. The first-order valence-electron chi connectivity index (χ1n) is 3.01. The van der Waals surface area contributed by atoms with E-state index < -0.39 is 17.9 Å². The number of rotatable bonds is 4. The molecular formula is C6H16N2O4. The highest BCUT2D eigenvalue weighted by Crippen LogP contribution is 2.02. The largest absolute Gasteiger partial charge is 0.549 e. The minimum atomic E-state index is -1.57. The number of carboxylic acids is 2. The lowest BCUT2D eigenvalue weighted by molar-refractivity contribution is -0.331. The second-order valence-corrected chi connectivity index (χ2v) is 1.98. The zero-order valence-electron chi connectivity index (χ0n) is 7.62. The van der Waals surface area contributed by atoms with Gasteiger partial charge in [-0.05, 0) is 6.42 Å². The van der Waals surface area contributed by atoms with Crippen molar-refractivity contribution >= 4 is 11.9 Å². The number of hydrogen-bond donors (Lipinski definition) is 2. The van der Waals surface area contributed by atoms with Crippen LogP contribution in [0, 0.1) is 5.92 Å². The quantitative estimate of drug-likeness (QED) is 0.513. The molecule has 0 saturated carbocycles. The van der Waals surface area contributed by atoms with Crippen molar-refractivity contribution in [3.63, 3.8) is 0 Å². The van der Waals surface area contributed by atoms with Crippen LogP contribution in [0.15, 0.2) is 0 Å². The molecule has 6 nitrogen and oxygen atoms in total. The van der Waals surface area contributed by atoms with Crippen molar-refractivity contribution in [2.75, 3.05) is 0 Å². The van der Waals surface area contributed by atoms with Crippen LogP contribution in [0.3, 0.4) is 0 Å². The molecule has 0 aliphatic rings. The van der Waals surface area contributed by atoms with Crippen molar-refractivity contribution in [2.24, 2.45) is 5.92 Å². The summed E-state index contributed by atoms with van der Waals surface area (Å²) >= 11 is 0. The van der Waals surface area contributed by atoms with Gasteiger partial charge in [-0.1, -0.05) is 13.3 Å². The molecule has 8 N–H and O–H groups in total. The Hall–Kier alpha value is -1.14. The van der Waals surface area contributed by atoms with Gasteiger partial charge < -0.3 is 32.1 Å². The molecule has 0 aromatic carbocycles. The molecule has 0 spiro atoms. The average Bonchev–Trinajstić information content (AvgIpc) is 1.81. The SMILES string of the molecule is CCCC(C(=O)[O-])C(=O)[O-].[NH4+].[NH4+]. The lowest BCUT2D eigenvalue weighted by Crippen LogP contribution is -2.43. The van der Waals surface area contributed by atoms with Gasteiger partial charge in [0.05, 0.1) is 11.9 Å². The summed E-state index contributed by atoms with van der Waals surface area (Å²) in [5.74, 6) is -4.59. The Morgan fingerprint density at radius 1 is 1.17 bits per heavy atom. The van der Waals surface area contributed by atoms with Crippen molar-refractivity contribution in [1.82, 2.24) is 12.3 Å². The van der Waals surface area contributed by atoms with E-state index in [0.717, 1.165) is 0 Å². The van der Waals surface area contributed by atoms with Gasteiger partial charge in [-0.2, -0.15) is 0 Å². The molecule has 6 heteroatoms. The second-order valence-electron chi connectivity index (χ2n) is 1.98. The van der Waals surface area contributed by atoms with E-state index in [0.29, 0.717) is 6.42 Å². The molecule has 0 rings (SSSR count). The first kappa shape index (κ1) is 17.1. The molecule has 0 saturated heterocycles. The van der Waals surface area contributed by atoms with Crippen molar-refractivity contribution in [3.8, 4) is 0 Å². The maximum atomic E-state index is 10.00. The predicted octanol–water partition coefficient (Wildman–Crippen LogP) is -1.35. The Labute approximate surface area is 70.7 Å². The van der Waals surface area contributed by atoms with Gasteiger partial charge in [0.2, 0.25) is 0 Å². The molecule has 0 aliphatic carbocycles. The van der Waals surface area contributed by atoms with Crippen LogP contribution in [0.1, 0.15) is 19.8 Å². The van der Waals surface area contributed by atoms with Crippen molar-refractivity contribution in [1.29, 1.82) is 0 Å². The second kappa shape index (κ2) is 7.96. The highest BCUT2D eigenvalue weighted by atomic mass is 16.4. The third-order valence-electron chi connectivity index (χ3n) is 1.15. The molecule has 0 aliphatic heterocycles. The molecule has 0 fully saturated rings. The topological polar surface area (TPSA) is 153 Å². The summed E-state index contributed by atoms with van der Waals surface area (Å²) in [7, 11) is 0. The summed E-state index contributed by atoms with van der Waals surface area (Å²) in [4.78, 5) is 20.0. The normalized spacial score (nSPS) is 8.17. The zero-order chi connectivity index (χ0) is 8.15. The molecule has 0 radical (unpaired) electrons. The van der Waals surface area contributed by atoms with Gasteiger partial charge >= 0.3 is 0 Å². The minimum absolute atomic E-state index is 0. The van der Waals surface area contributed by atoms with E-state index in [2.05, 4.69) is 0 Å². The van der Waals surface area contributed by atoms with E-state index in [-0.39, 0.29) is 18.7 Å². The van der Waals surface area contributed by atoms with E-state index in [9.17, 15) is 19.8 Å². The molecule has 12 heavy (non-hydrogen) atoms. The Morgan fingerprint density at radius 2 is 1.50 bits per heavy atom. The van der Waals surface area contributed by atoms with Crippen LogP contribution in [-0.4, -0.2) is 11.9 Å². The lowest BCUT2D eigenvalue weighted by Gasteiger charge is -2.17. The maximum absolute atomic E-state index is 10.00. The monoisotopic (exact) mass is 180 g/mol. The van der Waals surface area contributed by atoms with E-state index >= 15 is 0 Å². The Morgan fingerprint density at radius 3 is 1.58 bits per heavy atom. The van der Waals surface area contributed by atoms with Crippen LogP contribution in [0.25, 0.3) is 0 Å². The third kappa shape index (κ3) is 5.63. The number of aliphatic carboxylic acids is 2. The van der Waals surface area contributed by atoms with E-state index in [1.54, 1.807) is 6.92 Å². The van der Waals surface area contributed by atoms with E-state index in [1.807, 2.05) is 0 Å². The summed E-state index contributed by atoms with van der Waals surface area (Å²) in [5, 5.41) is 20.0. The van der Waals surface area contributed by atoms with Gasteiger partial charge in [0.15, 0.2) is 0 Å². The van der Waals surface area contributed by atoms with Crippen LogP contribution >= 0.6 is 0 Å². The Kier molecular flexibility index (Phi) is 11.3. The fourth-order valence-electron chi connectivity index (χ4n) is 0.621. The Bertz CT molecular complexity index is 134. The van der Waals surface area contributed by atoms with E-state index in [4.69, 9.17) is 0 Å². The number of carbonyl (C=O) groups excluding carboxylic acids is 2. The first-order chi connectivity index (χ1) is 4.59. The van der Waals surface area contributed by atoms with Gasteiger partial charge in [0, 0.05) is 5.92 Å². The highest BCUT2D eigenvalue weighted by molar-refractivity contribution is 5.90. The van der Waals surface area contributed by atoms with Crippen molar-refractivity contribution in [2.45, 2.75) is 19.8 Å². The van der Waals surface area contributed by atoms with Gasteiger partial charge in [0.1, 0.15) is 0 Å². The van der Waals surface area contributed by atoms with Gasteiger partial charge in [-0.3, -0.25) is 0 Å². The summed E-state index contributed by atoms with van der Waals surface area (Å²) in [6, 6.07) is 0. The standard InChI is InChI=1S/C6H10O4.2H3N/c1-2-3-4(5(7)8)6(9)10;;/h4H,2-3H2,1H3,(H,7,8)(H,9,10);2*1H3. The van der Waals surface area contributed by atoms with Gasteiger partial charge in [-0.15, -0.1) is 0 Å². The van der Waals surface area contributed by atoms with Crippen LogP contribution in [0.2, 0.25) is 0 Å². The third-order valence-corrected chi connectivity index (χ3v) is 1.15. The number of carbonyl (C=O) groups is 2. The average molecular weight is 180 g/mol. The summed E-state index contributed by atoms with van der Waals surface area (Å²) in [5.41, 5.74) is 0. The first-order valence-corrected chi connectivity index (χ1v) is 3.01. The van der Waals surface area contributed by atoms with Crippen LogP contribution in [0.5, 0.6) is 0 Å². The van der Waals surface area contributed by atoms with Crippen molar-refractivity contribution < 1.29 is 19.8 Å². The molecule has 0 unspecified atom stereocenters. The molecule has 0 aromatic rings. The van der Waals surface area contributed by atoms with Gasteiger partial charge in [-0.25, -0.2) is 0 Å². The van der Waals surface area contributed by atoms with Crippen molar-refractivity contribution in [3.05, 3.63) is 0 Å². The molecule has 0 heterocycles. The lowest BCUT2D eigenvalue weighted by atomic mass is 10.1. The highest BCUT2D eigenvalue weighted by Gasteiger charge is 2.08. The fraction of sp³-hybridized carbons (Fsp3) is 0.667. The number of quaternary nitrogens is 2. The van der Waals surface area contributed by atoms with Crippen LogP contribution in [0.4, 0.5) is 0 Å². The van der Waals surface area contributed by atoms with E-state index in [1.165, 1.54) is 0 Å². The Balaban J connectivity index is -0.000000405. The minimum Gasteiger partial charge on any atom is -0.549 e. The fourth-order valence-corrected chi connectivity index (χ4v) is 0.621. The summed E-state index contributed by atoms with van der Waals surface area (Å²) in [6.45, 7) is 1.69. The molecule has 0 amide bonds. The van der Waals surface area contributed by atoms with Crippen LogP contribution in [-0.2, 0) is 9.59 Å².